The molecule has 162 valence electrons. The Labute approximate surface area is 193 Å². The average Bonchev–Trinajstić information content (AvgIpc) is 3.03. The topological polar surface area (TPSA) is 77.4 Å². The van der Waals surface area contributed by atoms with Gasteiger partial charge in [-0.3, -0.25) is 9.69 Å². The minimum Gasteiger partial charge on any atom is -0.493 e. The molecule has 0 spiro atoms. The number of ether oxygens (including phenoxy) is 3. The fourth-order valence-corrected chi connectivity index (χ4v) is 4.20. The van der Waals surface area contributed by atoms with E-state index in [9.17, 15) is 9.59 Å². The lowest BCUT2D eigenvalue weighted by atomic mass is 10.2. The number of methoxy groups -OCH3 is 2. The molecular formula is C22H21BrN2O5S. The molecule has 1 aliphatic rings. The number of hydrogen-bond donors (Lipinski definition) is 0. The highest BCUT2D eigenvalue weighted by molar-refractivity contribution is 9.10. The molecule has 9 heteroatoms. The molecule has 7 nitrogen and oxygen atoms in total. The number of carbonyl (C=O) groups is 2. The summed E-state index contributed by atoms with van der Waals surface area (Å²) in [6.07, 6.45) is 1.79. The first-order valence-electron chi connectivity index (χ1n) is 9.33. The second-order valence-corrected chi connectivity index (χ2v) is 8.23. The van der Waals surface area contributed by atoms with Crippen molar-refractivity contribution in [1.29, 1.82) is 0 Å². The van der Waals surface area contributed by atoms with Crippen molar-refractivity contribution in [1.82, 2.24) is 4.90 Å². The number of likely N-dealkylation sites (N-methyl/N-ethyl adjacent to an activating group) is 1. The minimum absolute atomic E-state index is 0.158. The van der Waals surface area contributed by atoms with Gasteiger partial charge in [0.1, 0.15) is 0 Å². The first-order chi connectivity index (χ1) is 14.9. The van der Waals surface area contributed by atoms with Gasteiger partial charge in [-0.15, -0.1) is 0 Å². The van der Waals surface area contributed by atoms with Crippen LogP contribution in [-0.2, 0) is 9.53 Å². The number of amides is 1. The standard InChI is InChI=1S/C22H21BrN2O5S/c1-5-30-18-12-16(23)14(10-17(18)28-3)11-19-20(26)25(2)22(31-19)24-15-8-6-13(7-9-15)21(27)29-4/h6-12H,5H2,1-4H3/b19-11-,24-22?. The van der Waals surface area contributed by atoms with Crippen LogP contribution >= 0.6 is 27.7 Å². The summed E-state index contributed by atoms with van der Waals surface area (Å²) in [5.74, 6) is 0.637. The number of halogens is 1. The molecule has 0 aromatic heterocycles. The molecule has 1 fully saturated rings. The molecule has 2 aromatic carbocycles. The van der Waals surface area contributed by atoms with Crippen molar-refractivity contribution in [3.8, 4) is 11.5 Å². The van der Waals surface area contributed by atoms with E-state index >= 15 is 0 Å². The van der Waals surface area contributed by atoms with Crippen molar-refractivity contribution < 1.29 is 23.8 Å². The van der Waals surface area contributed by atoms with Crippen LogP contribution in [-0.4, -0.2) is 49.8 Å². The number of hydrogen-bond acceptors (Lipinski definition) is 7. The predicted octanol–water partition coefficient (Wildman–Crippen LogP) is 4.88. The van der Waals surface area contributed by atoms with Gasteiger partial charge in [-0.05, 0) is 66.7 Å². The highest BCUT2D eigenvalue weighted by Crippen LogP contribution is 2.38. The lowest BCUT2D eigenvalue weighted by Crippen LogP contribution is -2.23. The summed E-state index contributed by atoms with van der Waals surface area (Å²) < 4.78 is 16.5. The summed E-state index contributed by atoms with van der Waals surface area (Å²) >= 11 is 4.80. The lowest BCUT2D eigenvalue weighted by molar-refractivity contribution is -0.121. The van der Waals surface area contributed by atoms with Gasteiger partial charge in [-0.1, -0.05) is 15.9 Å². The Balaban J connectivity index is 1.88. The zero-order valence-electron chi connectivity index (χ0n) is 17.5. The molecule has 0 radical (unpaired) electrons. The van der Waals surface area contributed by atoms with E-state index in [1.54, 1.807) is 44.5 Å². The lowest BCUT2D eigenvalue weighted by Gasteiger charge is -2.11. The highest BCUT2D eigenvalue weighted by Gasteiger charge is 2.30. The third-order valence-electron chi connectivity index (χ3n) is 4.39. The van der Waals surface area contributed by atoms with Gasteiger partial charge >= 0.3 is 5.97 Å². The molecule has 0 bridgehead atoms. The van der Waals surface area contributed by atoms with Crippen LogP contribution in [0.1, 0.15) is 22.8 Å². The van der Waals surface area contributed by atoms with Crippen molar-refractivity contribution in [2.75, 3.05) is 27.9 Å². The van der Waals surface area contributed by atoms with E-state index in [4.69, 9.17) is 14.2 Å². The fourth-order valence-electron chi connectivity index (χ4n) is 2.78. The van der Waals surface area contributed by atoms with Gasteiger partial charge in [0.2, 0.25) is 0 Å². The van der Waals surface area contributed by atoms with E-state index in [0.29, 0.717) is 39.4 Å². The van der Waals surface area contributed by atoms with Gasteiger partial charge in [0.15, 0.2) is 16.7 Å². The molecule has 1 amide bonds. The van der Waals surface area contributed by atoms with Crippen molar-refractivity contribution in [2.45, 2.75) is 6.92 Å². The maximum absolute atomic E-state index is 12.8. The number of aliphatic imine (C=N–C) groups is 1. The molecule has 31 heavy (non-hydrogen) atoms. The summed E-state index contributed by atoms with van der Waals surface area (Å²) in [5.41, 5.74) is 1.85. The van der Waals surface area contributed by atoms with Crippen LogP contribution in [0, 0.1) is 0 Å². The van der Waals surface area contributed by atoms with E-state index < -0.39 is 5.97 Å². The van der Waals surface area contributed by atoms with E-state index in [-0.39, 0.29) is 5.91 Å². The van der Waals surface area contributed by atoms with Crippen molar-refractivity contribution in [3.63, 3.8) is 0 Å². The number of carbonyl (C=O) groups excluding carboxylic acids is 2. The van der Waals surface area contributed by atoms with Gasteiger partial charge < -0.3 is 14.2 Å². The van der Waals surface area contributed by atoms with Gasteiger partial charge in [-0.2, -0.15) is 0 Å². The van der Waals surface area contributed by atoms with Crippen molar-refractivity contribution in [2.24, 2.45) is 4.99 Å². The molecule has 1 saturated heterocycles. The van der Waals surface area contributed by atoms with Crippen LogP contribution in [0.25, 0.3) is 6.08 Å². The first-order valence-corrected chi connectivity index (χ1v) is 10.9. The molecular weight excluding hydrogens is 484 g/mol. The summed E-state index contributed by atoms with van der Waals surface area (Å²) in [6.45, 7) is 2.42. The van der Waals surface area contributed by atoms with Gasteiger partial charge in [-0.25, -0.2) is 9.79 Å². The largest absolute Gasteiger partial charge is 0.493 e. The Morgan fingerprint density at radius 3 is 2.52 bits per heavy atom. The quantitative estimate of drug-likeness (QED) is 0.412. The Morgan fingerprint density at radius 2 is 1.90 bits per heavy atom. The van der Waals surface area contributed by atoms with Crippen molar-refractivity contribution >= 4 is 56.5 Å². The van der Waals surface area contributed by atoms with Crippen LogP contribution < -0.4 is 9.47 Å². The average molecular weight is 505 g/mol. The zero-order valence-corrected chi connectivity index (χ0v) is 19.9. The van der Waals surface area contributed by atoms with Gasteiger partial charge in [0, 0.05) is 11.5 Å². The molecule has 0 atom stereocenters. The van der Waals surface area contributed by atoms with Gasteiger partial charge in [0.25, 0.3) is 5.91 Å². The monoisotopic (exact) mass is 504 g/mol. The Kier molecular flexibility index (Phi) is 7.40. The SMILES string of the molecule is CCOc1cc(Br)c(/C=C2\SC(=Nc3ccc(C(=O)OC)cc3)N(C)C2=O)cc1OC. The van der Waals surface area contributed by atoms with E-state index in [2.05, 4.69) is 20.9 Å². The number of nitrogens with zero attached hydrogens (tertiary/aromatic N) is 2. The van der Waals surface area contributed by atoms with E-state index in [1.165, 1.54) is 23.8 Å². The number of thioether (sulfide) groups is 1. The molecule has 0 unspecified atom stereocenters. The smallest absolute Gasteiger partial charge is 0.337 e. The second-order valence-electron chi connectivity index (χ2n) is 6.37. The number of rotatable bonds is 6. The third kappa shape index (κ3) is 5.11. The molecule has 0 N–H and O–H groups in total. The predicted molar refractivity (Wildman–Crippen MR) is 125 cm³/mol. The van der Waals surface area contributed by atoms with Crippen LogP contribution in [0.15, 0.2) is 50.8 Å². The molecule has 1 aliphatic heterocycles. The Morgan fingerprint density at radius 1 is 1.19 bits per heavy atom. The normalized spacial score (nSPS) is 16.2. The number of esters is 1. The zero-order chi connectivity index (χ0) is 22.5. The Bertz CT molecular complexity index is 1070. The van der Waals surface area contributed by atoms with Crippen LogP contribution in [0.2, 0.25) is 0 Å². The Hall–Kier alpha value is -2.78. The van der Waals surface area contributed by atoms with Gasteiger partial charge in [0.05, 0.1) is 37.0 Å². The summed E-state index contributed by atoms with van der Waals surface area (Å²) in [7, 11) is 4.58. The molecule has 1 heterocycles. The molecule has 0 saturated carbocycles. The molecule has 2 aromatic rings. The van der Waals surface area contributed by atoms with Crippen LogP contribution in [0.3, 0.4) is 0 Å². The van der Waals surface area contributed by atoms with Crippen LogP contribution in [0.4, 0.5) is 5.69 Å². The van der Waals surface area contributed by atoms with Crippen molar-refractivity contribution in [3.05, 3.63) is 56.9 Å². The molecule has 0 aliphatic carbocycles. The maximum Gasteiger partial charge on any atom is 0.337 e. The summed E-state index contributed by atoms with van der Waals surface area (Å²) in [5, 5.41) is 0.538. The summed E-state index contributed by atoms with van der Waals surface area (Å²) in [4.78, 5) is 30.9. The molecule has 3 rings (SSSR count). The van der Waals surface area contributed by atoms with Crippen LogP contribution in [0.5, 0.6) is 11.5 Å². The van der Waals surface area contributed by atoms with E-state index in [1.807, 2.05) is 19.1 Å². The minimum atomic E-state index is -0.414. The first kappa shape index (κ1) is 22.9. The number of amidine groups is 1. The third-order valence-corrected chi connectivity index (χ3v) is 6.13. The fraction of sp³-hybridized carbons (Fsp3) is 0.227. The maximum atomic E-state index is 12.8. The summed E-state index contributed by atoms with van der Waals surface area (Å²) in [6, 6.07) is 10.3. The second kappa shape index (κ2) is 10.0. The van der Waals surface area contributed by atoms with E-state index in [0.717, 1.165) is 10.0 Å². The highest BCUT2D eigenvalue weighted by atomic mass is 79.9. The number of benzene rings is 2.